The van der Waals surface area contributed by atoms with Crippen LogP contribution in [0, 0.1) is 6.92 Å². The van der Waals surface area contributed by atoms with Crippen LogP contribution in [0.4, 0.5) is 10.5 Å². The maximum absolute atomic E-state index is 14.2. The molecular weight excluding hydrogens is 431 g/mol. The van der Waals surface area contributed by atoms with E-state index in [2.05, 4.69) is 5.32 Å². The van der Waals surface area contributed by atoms with E-state index in [0.29, 0.717) is 18.9 Å². The average molecular weight is 473 g/mol. The Hall–Kier alpha value is -1.60. The highest BCUT2D eigenvalue weighted by molar-refractivity contribution is 7.60. The number of carbonyl (C=O) groups is 1. The molecule has 0 fully saturated rings. The van der Waals surface area contributed by atoms with Crippen LogP contribution in [0.3, 0.4) is 0 Å². The summed E-state index contributed by atoms with van der Waals surface area (Å²) in [6.07, 6.45) is -0.454. The van der Waals surface area contributed by atoms with Crippen LogP contribution in [0.5, 0.6) is 0 Å². The van der Waals surface area contributed by atoms with Crippen molar-refractivity contribution in [1.29, 1.82) is 0 Å². The molecule has 2 unspecified atom stereocenters. The highest BCUT2D eigenvalue weighted by Crippen LogP contribution is 2.62. The van der Waals surface area contributed by atoms with Gasteiger partial charge in [-0.3, -0.25) is 4.57 Å². The van der Waals surface area contributed by atoms with Gasteiger partial charge in [0.25, 0.3) is 7.37 Å². The molecule has 0 bridgehead atoms. The molecule has 0 heterocycles. The Morgan fingerprint density at radius 2 is 1.69 bits per heavy atom. The predicted molar refractivity (Wildman–Crippen MR) is 128 cm³/mol. The molecule has 0 saturated carbocycles. The van der Waals surface area contributed by atoms with Gasteiger partial charge in [-0.05, 0) is 78.6 Å². The zero-order valence-electron chi connectivity index (χ0n) is 20.8. The van der Waals surface area contributed by atoms with Crippen LogP contribution in [0.2, 0.25) is 0 Å². The van der Waals surface area contributed by atoms with Gasteiger partial charge < -0.3 is 29.8 Å². The van der Waals surface area contributed by atoms with Crippen molar-refractivity contribution in [3.8, 4) is 0 Å². The number of nitrogen functional groups attached to an aromatic ring is 1. The van der Waals surface area contributed by atoms with Gasteiger partial charge in [0.15, 0.2) is 0 Å². The quantitative estimate of drug-likeness (QED) is 0.243. The number of rotatable bonds is 12. The Bertz CT molecular complexity index is 787. The number of hydrogen-bond donors (Lipinski definition) is 2. The van der Waals surface area contributed by atoms with E-state index >= 15 is 0 Å². The lowest BCUT2D eigenvalue weighted by Crippen LogP contribution is -2.38. The minimum atomic E-state index is -3.51. The summed E-state index contributed by atoms with van der Waals surface area (Å²) in [5.74, 6) is -0.372. The molecule has 0 spiro atoms. The molecule has 1 amide bonds. The maximum Gasteiger partial charge on any atom is 0.407 e. The number of anilines is 1. The van der Waals surface area contributed by atoms with Crippen molar-refractivity contribution in [2.75, 3.05) is 38.3 Å². The third-order valence-electron chi connectivity index (χ3n) is 4.88. The molecule has 3 N–H and O–H groups in total. The summed E-state index contributed by atoms with van der Waals surface area (Å²) in [6, 6.07) is 5.55. The van der Waals surface area contributed by atoms with Gasteiger partial charge in [-0.1, -0.05) is 6.07 Å². The normalized spacial score (nSPS) is 15.1. The highest BCUT2D eigenvalue weighted by Gasteiger charge is 2.49. The summed E-state index contributed by atoms with van der Waals surface area (Å²) in [6.45, 7) is 15.4. The van der Waals surface area contributed by atoms with E-state index in [1.165, 1.54) is 0 Å². The Balaban J connectivity index is 3.36. The van der Waals surface area contributed by atoms with Gasteiger partial charge in [0.1, 0.15) is 5.60 Å². The van der Waals surface area contributed by atoms with Gasteiger partial charge >= 0.3 is 6.09 Å². The van der Waals surface area contributed by atoms with E-state index in [1.54, 1.807) is 34.6 Å². The first-order chi connectivity index (χ1) is 14.8. The van der Waals surface area contributed by atoms with Crippen LogP contribution in [0.15, 0.2) is 18.2 Å². The number of amides is 1. The third kappa shape index (κ3) is 8.07. The summed E-state index contributed by atoms with van der Waals surface area (Å²) >= 11 is 0. The van der Waals surface area contributed by atoms with E-state index in [-0.39, 0.29) is 25.2 Å². The van der Waals surface area contributed by atoms with Crippen molar-refractivity contribution < 1.29 is 28.1 Å². The minimum Gasteiger partial charge on any atom is -0.444 e. The molecule has 1 rings (SSSR count). The maximum atomic E-state index is 14.2. The number of hydrogen-bond acceptors (Lipinski definition) is 7. The largest absolute Gasteiger partial charge is 0.444 e. The fourth-order valence-corrected chi connectivity index (χ4v) is 6.15. The number of aryl methyl sites for hydroxylation is 1. The highest BCUT2D eigenvalue weighted by atomic mass is 31.2. The van der Waals surface area contributed by atoms with Crippen molar-refractivity contribution in [2.45, 2.75) is 72.4 Å². The SMILES string of the molecule is CCOC(C)(OCC)P(=O)(CC(CNC(=O)OC(C)(C)C)c1cc(N)ccc1C)OCC. The monoisotopic (exact) mass is 472 g/mol. The molecule has 2 atom stereocenters. The zero-order valence-corrected chi connectivity index (χ0v) is 21.7. The Morgan fingerprint density at radius 3 is 2.19 bits per heavy atom. The standard InChI is InChI=1S/C23H41N2O6P/c1-9-28-23(8,29-10-2)32(27,30-11-3)16-18(15-25-21(26)31-22(5,6)7)20-14-19(24)13-12-17(20)4/h12-14,18H,9-11,15-16,24H2,1-8H3,(H,25,26). The van der Waals surface area contributed by atoms with Crippen LogP contribution in [0.1, 0.15) is 65.5 Å². The molecule has 1 aromatic rings. The van der Waals surface area contributed by atoms with Crippen molar-refractivity contribution in [2.24, 2.45) is 0 Å². The molecule has 0 aliphatic heterocycles. The van der Waals surface area contributed by atoms with Gasteiger partial charge in [0.05, 0.1) is 6.61 Å². The molecule has 32 heavy (non-hydrogen) atoms. The molecule has 0 aliphatic rings. The van der Waals surface area contributed by atoms with E-state index in [9.17, 15) is 9.36 Å². The first kappa shape index (κ1) is 28.4. The summed E-state index contributed by atoms with van der Waals surface area (Å²) in [5, 5.41) is 2.80. The Morgan fingerprint density at radius 1 is 1.09 bits per heavy atom. The fraction of sp³-hybridized carbons (Fsp3) is 0.696. The van der Waals surface area contributed by atoms with Crippen LogP contribution in [-0.4, -0.2) is 49.7 Å². The van der Waals surface area contributed by atoms with Gasteiger partial charge in [-0.2, -0.15) is 0 Å². The second-order valence-electron chi connectivity index (χ2n) is 8.73. The molecule has 0 saturated heterocycles. The van der Waals surface area contributed by atoms with Gasteiger partial charge in [-0.25, -0.2) is 4.79 Å². The molecule has 0 radical (unpaired) electrons. The van der Waals surface area contributed by atoms with Crippen LogP contribution in [-0.2, 0) is 23.3 Å². The van der Waals surface area contributed by atoms with E-state index in [0.717, 1.165) is 11.1 Å². The first-order valence-electron chi connectivity index (χ1n) is 11.1. The minimum absolute atomic E-state index is 0.0947. The smallest absolute Gasteiger partial charge is 0.407 e. The number of ether oxygens (including phenoxy) is 3. The molecule has 0 aromatic heterocycles. The van der Waals surface area contributed by atoms with Crippen LogP contribution >= 0.6 is 7.37 Å². The number of nitrogens with two attached hydrogens (primary N) is 1. The number of carbonyl (C=O) groups excluding carboxylic acids is 1. The van der Waals surface area contributed by atoms with Crippen molar-refractivity contribution in [1.82, 2.24) is 5.32 Å². The van der Waals surface area contributed by atoms with E-state index < -0.39 is 24.6 Å². The summed E-state index contributed by atoms with van der Waals surface area (Å²) in [7, 11) is -3.51. The Kier molecular flexibility index (Phi) is 10.7. The topological polar surface area (TPSA) is 109 Å². The number of alkyl carbamates (subject to hydrolysis) is 1. The zero-order chi connectivity index (χ0) is 24.6. The number of benzene rings is 1. The summed E-state index contributed by atoms with van der Waals surface area (Å²) in [5.41, 5.74) is 6.42. The predicted octanol–water partition coefficient (Wildman–Crippen LogP) is 5.25. The second kappa shape index (κ2) is 12.0. The van der Waals surface area contributed by atoms with E-state index in [4.69, 9.17) is 24.5 Å². The first-order valence-corrected chi connectivity index (χ1v) is 13.0. The second-order valence-corrected chi connectivity index (χ2v) is 11.5. The summed E-state index contributed by atoms with van der Waals surface area (Å²) in [4.78, 5) is 12.3. The lowest BCUT2D eigenvalue weighted by molar-refractivity contribution is -0.168. The van der Waals surface area contributed by atoms with Crippen LogP contribution < -0.4 is 11.1 Å². The van der Waals surface area contributed by atoms with Gasteiger partial charge in [0, 0.05) is 37.5 Å². The van der Waals surface area contributed by atoms with Crippen molar-refractivity contribution in [3.63, 3.8) is 0 Å². The lowest BCUT2D eigenvalue weighted by atomic mass is 9.95. The number of nitrogens with one attached hydrogen (secondary N) is 1. The molecular formula is C23H41N2O6P. The molecule has 0 aliphatic carbocycles. The van der Waals surface area contributed by atoms with Gasteiger partial charge in [0.2, 0.25) is 5.53 Å². The van der Waals surface area contributed by atoms with Gasteiger partial charge in [-0.15, -0.1) is 0 Å². The van der Waals surface area contributed by atoms with Crippen molar-refractivity contribution in [3.05, 3.63) is 29.3 Å². The average Bonchev–Trinajstić information content (AvgIpc) is 2.66. The van der Waals surface area contributed by atoms with E-state index in [1.807, 2.05) is 39.0 Å². The molecule has 1 aromatic carbocycles. The molecule has 9 heteroatoms. The fourth-order valence-electron chi connectivity index (χ4n) is 3.50. The van der Waals surface area contributed by atoms with Crippen molar-refractivity contribution >= 4 is 19.1 Å². The Labute approximate surface area is 193 Å². The lowest BCUT2D eigenvalue weighted by Gasteiger charge is -2.38. The summed E-state index contributed by atoms with van der Waals surface area (Å²) < 4.78 is 37.1. The third-order valence-corrected chi connectivity index (χ3v) is 7.97. The molecule has 8 nitrogen and oxygen atoms in total. The molecule has 184 valence electrons. The van der Waals surface area contributed by atoms with Crippen LogP contribution in [0.25, 0.3) is 0 Å².